The van der Waals surface area contributed by atoms with E-state index in [1.165, 1.54) is 4.90 Å². The lowest BCUT2D eigenvalue weighted by molar-refractivity contribution is -0.140. The van der Waals surface area contributed by atoms with Gasteiger partial charge in [0, 0.05) is 13.0 Å². The van der Waals surface area contributed by atoms with Crippen LogP contribution in [-0.4, -0.2) is 29.2 Å². The number of fused-ring (bicyclic) bond motifs is 5. The molecule has 1 aromatic carbocycles. The van der Waals surface area contributed by atoms with Crippen molar-refractivity contribution in [1.82, 2.24) is 4.90 Å². The Hall–Kier alpha value is -1.88. The molecule has 2 aliphatic carbocycles. The van der Waals surface area contributed by atoms with E-state index in [0.717, 1.165) is 19.3 Å². The first-order valence-electron chi connectivity index (χ1n) is 8.46. The number of hydrogen-bond acceptors (Lipinski definition) is 3. The fourth-order valence-electron chi connectivity index (χ4n) is 4.68. The minimum atomic E-state index is -0.247. The number of imide groups is 1. The minimum Gasteiger partial charge on any atom is -0.325 e. The van der Waals surface area contributed by atoms with E-state index < -0.39 is 0 Å². The number of benzene rings is 1. The maximum absolute atomic E-state index is 12.6. The quantitative estimate of drug-likeness (QED) is 0.852. The third-order valence-electron chi connectivity index (χ3n) is 5.73. The van der Waals surface area contributed by atoms with Gasteiger partial charge in [-0.25, -0.2) is 0 Å². The normalized spacial score (nSPS) is 30.8. The van der Waals surface area contributed by atoms with Crippen LogP contribution in [0.15, 0.2) is 24.3 Å². The molecule has 0 radical (unpaired) electrons. The van der Waals surface area contributed by atoms with Crippen molar-refractivity contribution in [3.8, 4) is 0 Å². The summed E-state index contributed by atoms with van der Waals surface area (Å²) < 4.78 is 0. The van der Waals surface area contributed by atoms with E-state index in [1.54, 1.807) is 24.3 Å². The number of carbonyl (C=O) groups is 3. The number of likely N-dealkylation sites (tertiary alicyclic amines) is 1. The molecule has 6 heteroatoms. The van der Waals surface area contributed by atoms with Crippen molar-refractivity contribution in [2.24, 2.45) is 23.7 Å². The van der Waals surface area contributed by atoms with Crippen molar-refractivity contribution in [1.29, 1.82) is 0 Å². The molecule has 4 rings (SSSR count). The lowest BCUT2D eigenvalue weighted by Crippen LogP contribution is -2.35. The van der Waals surface area contributed by atoms with Crippen LogP contribution in [0, 0.1) is 23.7 Å². The first-order valence-corrected chi connectivity index (χ1v) is 8.83. The second kappa shape index (κ2) is 5.88. The van der Waals surface area contributed by atoms with Crippen molar-refractivity contribution in [3.63, 3.8) is 0 Å². The molecule has 1 aliphatic heterocycles. The van der Waals surface area contributed by atoms with Crippen molar-refractivity contribution in [2.45, 2.75) is 25.7 Å². The zero-order valence-electron chi connectivity index (χ0n) is 13.2. The smallest absolute Gasteiger partial charge is 0.233 e. The topological polar surface area (TPSA) is 66.5 Å². The number of amides is 3. The summed E-state index contributed by atoms with van der Waals surface area (Å²) in [5.74, 6) is 0.122. The maximum Gasteiger partial charge on any atom is 0.233 e. The fraction of sp³-hybridized carbons (Fsp3) is 0.500. The molecule has 0 unspecified atom stereocenters. The Morgan fingerprint density at radius 1 is 1.12 bits per heavy atom. The van der Waals surface area contributed by atoms with Crippen LogP contribution in [-0.2, 0) is 14.4 Å². The number of hydrogen-bond donors (Lipinski definition) is 1. The summed E-state index contributed by atoms with van der Waals surface area (Å²) in [7, 11) is 0. The fourth-order valence-corrected chi connectivity index (χ4v) is 4.86. The highest BCUT2D eigenvalue weighted by Crippen LogP contribution is 2.56. The summed E-state index contributed by atoms with van der Waals surface area (Å²) in [6.07, 6.45) is 3.24. The Balaban J connectivity index is 1.38. The monoisotopic (exact) mass is 346 g/mol. The number of nitrogens with one attached hydrogen (secondary N) is 1. The summed E-state index contributed by atoms with van der Waals surface area (Å²) in [5.41, 5.74) is 0.540. The molecule has 5 nitrogen and oxygen atoms in total. The van der Waals surface area contributed by atoms with Gasteiger partial charge in [0.2, 0.25) is 17.7 Å². The third-order valence-corrected chi connectivity index (χ3v) is 6.06. The summed E-state index contributed by atoms with van der Waals surface area (Å²) in [5, 5.41) is 3.19. The number of nitrogens with zero attached hydrogens (tertiary/aromatic N) is 1. The molecule has 24 heavy (non-hydrogen) atoms. The highest BCUT2D eigenvalue weighted by Gasteiger charge is 2.60. The van der Waals surface area contributed by atoms with Crippen LogP contribution in [0.25, 0.3) is 0 Å². The molecule has 0 spiro atoms. The highest BCUT2D eigenvalue weighted by molar-refractivity contribution is 6.33. The largest absolute Gasteiger partial charge is 0.325 e. The molecule has 1 aromatic rings. The van der Waals surface area contributed by atoms with Crippen molar-refractivity contribution >= 4 is 35.0 Å². The van der Waals surface area contributed by atoms with Crippen LogP contribution in [0.5, 0.6) is 0 Å². The van der Waals surface area contributed by atoms with E-state index in [2.05, 4.69) is 5.32 Å². The standard InChI is InChI=1S/C18H19ClN2O3/c19-12-3-1-2-4-13(12)20-14(22)7-8-21-17(23)15-10-5-6-11(9-10)16(15)18(21)24/h1-4,10-11,15-16H,5-9H2,(H,20,22)/t10-,11-,15-,16-/m0/s1. The molecule has 2 bridgehead atoms. The highest BCUT2D eigenvalue weighted by atomic mass is 35.5. The van der Waals surface area contributed by atoms with Gasteiger partial charge in [0.05, 0.1) is 22.5 Å². The van der Waals surface area contributed by atoms with Gasteiger partial charge < -0.3 is 5.32 Å². The lowest BCUT2D eigenvalue weighted by atomic mass is 9.81. The van der Waals surface area contributed by atoms with E-state index in [0.29, 0.717) is 22.5 Å². The number of rotatable bonds is 4. The van der Waals surface area contributed by atoms with Crippen molar-refractivity contribution in [3.05, 3.63) is 29.3 Å². The molecule has 1 N–H and O–H groups in total. The second-order valence-corrected chi connectivity index (χ2v) is 7.40. The summed E-state index contributed by atoms with van der Waals surface area (Å²) in [6.45, 7) is 0.153. The second-order valence-electron chi connectivity index (χ2n) is 6.99. The molecule has 126 valence electrons. The number of para-hydroxylation sites is 1. The Morgan fingerprint density at radius 3 is 2.38 bits per heavy atom. The van der Waals surface area contributed by atoms with Crippen LogP contribution >= 0.6 is 11.6 Å². The lowest BCUT2D eigenvalue weighted by Gasteiger charge is -2.19. The van der Waals surface area contributed by atoms with Gasteiger partial charge in [-0.3, -0.25) is 19.3 Å². The molecule has 4 atom stereocenters. The molecule has 3 fully saturated rings. The molecular weight excluding hydrogens is 328 g/mol. The first-order chi connectivity index (χ1) is 11.6. The number of anilines is 1. The Bertz CT molecular complexity index is 692. The average Bonchev–Trinajstić information content (AvgIpc) is 3.23. The van der Waals surface area contributed by atoms with Gasteiger partial charge in [-0.2, -0.15) is 0 Å². The molecular formula is C18H19ClN2O3. The van der Waals surface area contributed by atoms with Gasteiger partial charge in [-0.15, -0.1) is 0 Å². The first kappa shape index (κ1) is 15.6. The molecule has 2 saturated carbocycles. The van der Waals surface area contributed by atoms with Crippen LogP contribution in [0.3, 0.4) is 0 Å². The Morgan fingerprint density at radius 2 is 1.75 bits per heavy atom. The average molecular weight is 347 g/mol. The molecule has 3 aliphatic rings. The SMILES string of the molecule is O=C(CCN1C(=O)[C@H]2[C@H]3CC[C@@H](C3)[C@@H]2C1=O)Nc1ccccc1Cl. The van der Waals surface area contributed by atoms with E-state index >= 15 is 0 Å². The maximum atomic E-state index is 12.6. The zero-order chi connectivity index (χ0) is 16.8. The summed E-state index contributed by atoms with van der Waals surface area (Å²) in [4.78, 5) is 38.5. The van der Waals surface area contributed by atoms with Crippen LogP contribution in [0.4, 0.5) is 5.69 Å². The van der Waals surface area contributed by atoms with Gasteiger partial charge in [-0.05, 0) is 43.2 Å². The summed E-state index contributed by atoms with van der Waals surface area (Å²) >= 11 is 6.01. The third kappa shape index (κ3) is 2.42. The van der Waals surface area contributed by atoms with Gasteiger partial charge in [0.15, 0.2) is 0 Å². The van der Waals surface area contributed by atoms with E-state index in [1.807, 2.05) is 0 Å². The van der Waals surface area contributed by atoms with Crippen LogP contribution < -0.4 is 5.32 Å². The van der Waals surface area contributed by atoms with Crippen molar-refractivity contribution in [2.75, 3.05) is 11.9 Å². The van der Waals surface area contributed by atoms with Gasteiger partial charge in [-0.1, -0.05) is 23.7 Å². The predicted molar refractivity (Wildman–Crippen MR) is 89.2 cm³/mol. The van der Waals surface area contributed by atoms with E-state index in [4.69, 9.17) is 11.6 Å². The number of halogens is 1. The van der Waals surface area contributed by atoms with Crippen molar-refractivity contribution < 1.29 is 14.4 Å². The van der Waals surface area contributed by atoms with Gasteiger partial charge in [0.1, 0.15) is 0 Å². The van der Waals surface area contributed by atoms with Crippen LogP contribution in [0.2, 0.25) is 5.02 Å². The summed E-state index contributed by atoms with van der Waals surface area (Å²) in [6, 6.07) is 6.98. The molecule has 1 saturated heterocycles. The van der Waals surface area contributed by atoms with Gasteiger partial charge in [0.25, 0.3) is 0 Å². The molecule has 3 amide bonds. The number of carbonyl (C=O) groups excluding carboxylic acids is 3. The zero-order valence-corrected chi connectivity index (χ0v) is 14.0. The molecule has 0 aromatic heterocycles. The van der Waals surface area contributed by atoms with E-state index in [-0.39, 0.29) is 42.5 Å². The van der Waals surface area contributed by atoms with Crippen LogP contribution in [0.1, 0.15) is 25.7 Å². The Labute approximate surface area is 145 Å². The minimum absolute atomic E-state index is 0.0669. The predicted octanol–water partition coefficient (Wildman–Crippen LogP) is 2.70. The Kier molecular flexibility index (Phi) is 3.83. The van der Waals surface area contributed by atoms with E-state index in [9.17, 15) is 14.4 Å². The van der Waals surface area contributed by atoms with Gasteiger partial charge >= 0.3 is 0 Å². The molecule has 1 heterocycles.